The number of hydrogen-bond donors (Lipinski definition) is 2. The first kappa shape index (κ1) is 22.0. The molecule has 2 aromatic rings. The lowest BCUT2D eigenvalue weighted by atomic mass is 9.88. The van der Waals surface area contributed by atoms with Crippen molar-refractivity contribution in [3.63, 3.8) is 0 Å². The van der Waals surface area contributed by atoms with Crippen molar-refractivity contribution in [2.24, 2.45) is 5.92 Å². The van der Waals surface area contributed by atoms with Crippen LogP contribution < -0.4 is 10.6 Å². The molecule has 3 amide bonds. The molecule has 0 saturated carbocycles. The smallest absolute Gasteiger partial charge is 0.262 e. The first-order valence-electron chi connectivity index (χ1n) is 10.5. The number of thiophene rings is 1. The highest BCUT2D eigenvalue weighted by Crippen LogP contribution is 2.23. The monoisotopic (exact) mass is 427 g/mol. The summed E-state index contributed by atoms with van der Waals surface area (Å²) in [6.07, 6.45) is 2.18. The zero-order valence-electron chi connectivity index (χ0n) is 17.5. The van der Waals surface area contributed by atoms with Crippen LogP contribution in [0.3, 0.4) is 0 Å². The minimum atomic E-state index is -0.595. The topological polar surface area (TPSA) is 78.5 Å². The Labute approximate surface area is 181 Å². The molecule has 1 atom stereocenters. The van der Waals surface area contributed by atoms with Crippen LogP contribution in [0.4, 0.5) is 0 Å². The maximum absolute atomic E-state index is 12.8. The van der Waals surface area contributed by atoms with Crippen molar-refractivity contribution in [2.45, 2.75) is 39.2 Å². The maximum atomic E-state index is 12.8. The van der Waals surface area contributed by atoms with E-state index in [9.17, 15) is 14.4 Å². The van der Waals surface area contributed by atoms with Crippen molar-refractivity contribution in [1.82, 2.24) is 15.5 Å². The molecule has 30 heavy (non-hydrogen) atoms. The summed E-state index contributed by atoms with van der Waals surface area (Å²) in [5, 5.41) is 7.70. The number of carbonyl (C=O) groups excluding carboxylic acids is 3. The Kier molecular flexibility index (Phi) is 7.63. The number of carbonyl (C=O) groups is 3. The fraction of sp³-hybridized carbons (Fsp3) is 0.435. The molecule has 1 saturated heterocycles. The SMILES string of the molecule is CCCNC(=O)C(NC(=O)c1cccs1)C1CCN(C(=O)c2cccc(C)c2)CC1. The first-order valence-corrected chi connectivity index (χ1v) is 11.4. The lowest BCUT2D eigenvalue weighted by Crippen LogP contribution is -2.53. The van der Waals surface area contributed by atoms with E-state index in [1.807, 2.05) is 54.5 Å². The Hall–Kier alpha value is -2.67. The molecule has 1 aromatic carbocycles. The van der Waals surface area contributed by atoms with Gasteiger partial charge in [-0.25, -0.2) is 0 Å². The summed E-state index contributed by atoms with van der Waals surface area (Å²) in [5.41, 5.74) is 1.75. The third-order valence-electron chi connectivity index (χ3n) is 5.43. The Morgan fingerprint density at radius 3 is 2.57 bits per heavy atom. The molecule has 1 unspecified atom stereocenters. The molecule has 1 aliphatic heterocycles. The van der Waals surface area contributed by atoms with Gasteiger partial charge in [0.15, 0.2) is 0 Å². The van der Waals surface area contributed by atoms with Crippen molar-refractivity contribution < 1.29 is 14.4 Å². The number of rotatable bonds is 7. The molecular weight excluding hydrogens is 398 g/mol. The minimum Gasteiger partial charge on any atom is -0.354 e. The Morgan fingerprint density at radius 2 is 1.93 bits per heavy atom. The molecule has 1 aliphatic rings. The molecule has 2 heterocycles. The number of benzene rings is 1. The van der Waals surface area contributed by atoms with Gasteiger partial charge in [0.05, 0.1) is 4.88 Å². The summed E-state index contributed by atoms with van der Waals surface area (Å²) >= 11 is 1.36. The summed E-state index contributed by atoms with van der Waals surface area (Å²) < 4.78 is 0. The van der Waals surface area contributed by atoms with Crippen molar-refractivity contribution in [1.29, 1.82) is 0 Å². The second-order valence-electron chi connectivity index (χ2n) is 7.72. The van der Waals surface area contributed by atoms with E-state index in [4.69, 9.17) is 0 Å². The van der Waals surface area contributed by atoms with E-state index in [0.29, 0.717) is 42.9 Å². The van der Waals surface area contributed by atoms with Crippen LogP contribution in [0.2, 0.25) is 0 Å². The van der Waals surface area contributed by atoms with Crippen LogP contribution in [0, 0.1) is 12.8 Å². The number of nitrogens with zero attached hydrogens (tertiary/aromatic N) is 1. The molecule has 0 radical (unpaired) electrons. The summed E-state index contributed by atoms with van der Waals surface area (Å²) in [6, 6.07) is 10.6. The largest absolute Gasteiger partial charge is 0.354 e. The lowest BCUT2D eigenvalue weighted by Gasteiger charge is -2.35. The van der Waals surface area contributed by atoms with Crippen molar-refractivity contribution >= 4 is 29.1 Å². The summed E-state index contributed by atoms with van der Waals surface area (Å²) in [5.74, 6) is -0.357. The highest BCUT2D eigenvalue weighted by Gasteiger charge is 2.34. The maximum Gasteiger partial charge on any atom is 0.262 e. The first-order chi connectivity index (χ1) is 14.5. The average Bonchev–Trinajstić information content (AvgIpc) is 3.30. The zero-order valence-corrected chi connectivity index (χ0v) is 18.3. The summed E-state index contributed by atoms with van der Waals surface area (Å²) in [6.45, 7) is 5.69. The van der Waals surface area contributed by atoms with Crippen LogP contribution in [0.15, 0.2) is 41.8 Å². The van der Waals surface area contributed by atoms with Gasteiger partial charge in [0, 0.05) is 25.2 Å². The average molecular weight is 428 g/mol. The molecule has 1 fully saturated rings. The van der Waals surface area contributed by atoms with E-state index >= 15 is 0 Å². The molecule has 3 rings (SSSR count). The predicted octanol–water partition coefficient (Wildman–Crippen LogP) is 3.23. The van der Waals surface area contributed by atoms with Gasteiger partial charge < -0.3 is 15.5 Å². The van der Waals surface area contributed by atoms with E-state index in [1.165, 1.54) is 11.3 Å². The predicted molar refractivity (Wildman–Crippen MR) is 119 cm³/mol. The fourth-order valence-electron chi connectivity index (χ4n) is 3.77. The van der Waals surface area contributed by atoms with Gasteiger partial charge in [-0.2, -0.15) is 0 Å². The summed E-state index contributed by atoms with van der Waals surface area (Å²) in [7, 11) is 0. The third-order valence-corrected chi connectivity index (χ3v) is 6.30. The summed E-state index contributed by atoms with van der Waals surface area (Å²) in [4.78, 5) is 40.6. The van der Waals surface area contributed by atoms with Crippen LogP contribution in [-0.4, -0.2) is 48.3 Å². The highest BCUT2D eigenvalue weighted by molar-refractivity contribution is 7.12. The van der Waals surface area contributed by atoms with Crippen LogP contribution in [0.25, 0.3) is 0 Å². The van der Waals surface area contributed by atoms with Crippen molar-refractivity contribution in [2.75, 3.05) is 19.6 Å². The van der Waals surface area contributed by atoms with E-state index in [1.54, 1.807) is 6.07 Å². The van der Waals surface area contributed by atoms with E-state index < -0.39 is 6.04 Å². The van der Waals surface area contributed by atoms with Gasteiger partial charge in [-0.3, -0.25) is 14.4 Å². The number of hydrogen-bond acceptors (Lipinski definition) is 4. The van der Waals surface area contributed by atoms with E-state index in [2.05, 4.69) is 10.6 Å². The third kappa shape index (κ3) is 5.48. The second kappa shape index (κ2) is 10.4. The van der Waals surface area contributed by atoms with E-state index in [-0.39, 0.29) is 23.6 Å². The Bertz CT molecular complexity index is 874. The highest BCUT2D eigenvalue weighted by atomic mass is 32.1. The lowest BCUT2D eigenvalue weighted by molar-refractivity contribution is -0.124. The van der Waals surface area contributed by atoms with Gasteiger partial charge >= 0.3 is 0 Å². The van der Waals surface area contributed by atoms with E-state index in [0.717, 1.165) is 12.0 Å². The van der Waals surface area contributed by atoms with Gasteiger partial charge in [-0.15, -0.1) is 11.3 Å². The van der Waals surface area contributed by atoms with Crippen LogP contribution >= 0.6 is 11.3 Å². The molecule has 2 N–H and O–H groups in total. The Balaban J connectivity index is 1.65. The zero-order chi connectivity index (χ0) is 21.5. The standard InChI is InChI=1S/C23H29N3O3S/c1-3-11-24-22(28)20(25-21(27)19-8-5-14-30-19)17-9-12-26(13-10-17)23(29)18-7-4-6-16(2)15-18/h4-8,14-15,17,20H,3,9-13H2,1-2H3,(H,24,28)(H,25,27). The quantitative estimate of drug-likeness (QED) is 0.712. The molecular formula is C23H29N3O3S. The number of nitrogens with one attached hydrogen (secondary N) is 2. The van der Waals surface area contributed by atoms with Crippen molar-refractivity contribution in [3.05, 3.63) is 57.8 Å². The van der Waals surface area contributed by atoms with Gasteiger partial charge in [-0.1, -0.05) is 30.7 Å². The van der Waals surface area contributed by atoms with Gasteiger partial charge in [0.2, 0.25) is 5.91 Å². The van der Waals surface area contributed by atoms with Gasteiger partial charge in [0.1, 0.15) is 6.04 Å². The normalized spacial score (nSPS) is 15.5. The number of amides is 3. The van der Waals surface area contributed by atoms with Gasteiger partial charge in [0.25, 0.3) is 11.8 Å². The second-order valence-corrected chi connectivity index (χ2v) is 8.67. The number of aryl methyl sites for hydroxylation is 1. The molecule has 1 aromatic heterocycles. The molecule has 0 spiro atoms. The van der Waals surface area contributed by atoms with Crippen LogP contribution in [0.5, 0.6) is 0 Å². The van der Waals surface area contributed by atoms with Crippen LogP contribution in [0.1, 0.15) is 51.8 Å². The molecule has 7 heteroatoms. The number of likely N-dealkylation sites (tertiary alicyclic amines) is 1. The minimum absolute atomic E-state index is 0.00710. The molecule has 160 valence electrons. The van der Waals surface area contributed by atoms with Crippen LogP contribution in [-0.2, 0) is 4.79 Å². The molecule has 6 nitrogen and oxygen atoms in total. The van der Waals surface area contributed by atoms with Gasteiger partial charge in [-0.05, 0) is 55.7 Å². The molecule has 0 bridgehead atoms. The Morgan fingerprint density at radius 1 is 1.17 bits per heavy atom. The fourth-order valence-corrected chi connectivity index (χ4v) is 4.40. The number of piperidine rings is 1. The van der Waals surface area contributed by atoms with Crippen molar-refractivity contribution in [3.8, 4) is 0 Å². The molecule has 0 aliphatic carbocycles.